The fourth-order valence-electron chi connectivity index (χ4n) is 3.26. The number of hydrogen-bond acceptors (Lipinski definition) is 5. The monoisotopic (exact) mass is 377 g/mol. The number of aromatic nitrogens is 1. The van der Waals surface area contributed by atoms with E-state index >= 15 is 0 Å². The van der Waals surface area contributed by atoms with Gasteiger partial charge in [0.2, 0.25) is 15.9 Å². The van der Waals surface area contributed by atoms with Gasteiger partial charge >= 0.3 is 0 Å². The molecular weight excluding hydrogens is 354 g/mol. The van der Waals surface area contributed by atoms with Gasteiger partial charge in [-0.1, -0.05) is 35.5 Å². The third-order valence-electron chi connectivity index (χ3n) is 4.70. The lowest BCUT2D eigenvalue weighted by molar-refractivity contribution is -0.126. The van der Waals surface area contributed by atoms with Crippen LogP contribution in [0.2, 0.25) is 0 Å². The maximum absolute atomic E-state index is 12.8. The molecule has 7 nitrogen and oxygen atoms in total. The number of piperidine rings is 1. The van der Waals surface area contributed by atoms with E-state index in [-0.39, 0.29) is 16.7 Å². The standard InChI is InChI=1S/C18H23N3O4S/c1-13-17(14(2)25-20-13)26(23,24)21-10-8-16(9-11-21)18(22)19-12-15-6-4-3-5-7-15/h3-7,16H,8-12H2,1-2H3,(H,19,22). The van der Waals surface area contributed by atoms with E-state index in [1.807, 2.05) is 30.3 Å². The molecule has 3 rings (SSSR count). The van der Waals surface area contributed by atoms with Crippen LogP contribution in [0.15, 0.2) is 39.8 Å². The Morgan fingerprint density at radius 3 is 2.46 bits per heavy atom. The van der Waals surface area contributed by atoms with E-state index in [1.165, 1.54) is 4.31 Å². The maximum atomic E-state index is 12.8. The zero-order valence-electron chi connectivity index (χ0n) is 14.9. The van der Waals surface area contributed by atoms with Gasteiger partial charge in [0.1, 0.15) is 10.6 Å². The first-order valence-electron chi connectivity index (χ1n) is 8.64. The smallest absolute Gasteiger partial charge is 0.248 e. The summed E-state index contributed by atoms with van der Waals surface area (Å²) in [6.45, 7) is 4.33. The lowest BCUT2D eigenvalue weighted by Gasteiger charge is -2.30. The van der Waals surface area contributed by atoms with Crippen molar-refractivity contribution in [3.63, 3.8) is 0 Å². The van der Waals surface area contributed by atoms with Crippen LogP contribution in [0, 0.1) is 19.8 Å². The largest absolute Gasteiger partial charge is 0.360 e. The second-order valence-electron chi connectivity index (χ2n) is 6.54. The third-order valence-corrected chi connectivity index (χ3v) is 6.84. The molecule has 0 saturated carbocycles. The Morgan fingerprint density at radius 2 is 1.88 bits per heavy atom. The Kier molecular flexibility index (Phi) is 5.43. The molecule has 0 atom stereocenters. The Labute approximate surface area is 153 Å². The summed E-state index contributed by atoms with van der Waals surface area (Å²) in [5.74, 6) is 0.100. The molecule has 1 aliphatic rings. The summed E-state index contributed by atoms with van der Waals surface area (Å²) in [6, 6.07) is 9.71. The van der Waals surface area contributed by atoms with Gasteiger partial charge in [0.15, 0.2) is 5.76 Å². The van der Waals surface area contributed by atoms with Crippen LogP contribution in [-0.2, 0) is 21.4 Å². The summed E-state index contributed by atoms with van der Waals surface area (Å²) < 4.78 is 32.0. The molecular formula is C18H23N3O4S. The van der Waals surface area contributed by atoms with Crippen LogP contribution < -0.4 is 5.32 Å². The highest BCUT2D eigenvalue weighted by molar-refractivity contribution is 7.89. The lowest BCUT2D eigenvalue weighted by atomic mass is 9.97. The number of aryl methyl sites for hydroxylation is 2. The molecule has 8 heteroatoms. The topological polar surface area (TPSA) is 92.5 Å². The van der Waals surface area contributed by atoms with E-state index in [4.69, 9.17) is 4.52 Å². The Balaban J connectivity index is 1.58. The first-order chi connectivity index (χ1) is 12.4. The summed E-state index contributed by atoms with van der Waals surface area (Å²) in [5, 5.41) is 6.66. The molecule has 1 fully saturated rings. The number of carbonyl (C=O) groups is 1. The zero-order chi connectivity index (χ0) is 18.7. The van der Waals surface area contributed by atoms with Crippen molar-refractivity contribution in [2.45, 2.75) is 38.1 Å². The SMILES string of the molecule is Cc1noc(C)c1S(=O)(=O)N1CCC(C(=O)NCc2ccccc2)CC1. The first-order valence-corrected chi connectivity index (χ1v) is 10.1. The summed E-state index contributed by atoms with van der Waals surface area (Å²) in [5.41, 5.74) is 1.41. The van der Waals surface area contributed by atoms with Gasteiger partial charge in [-0.2, -0.15) is 4.31 Å². The summed E-state index contributed by atoms with van der Waals surface area (Å²) >= 11 is 0. The first kappa shape index (κ1) is 18.6. The van der Waals surface area contributed by atoms with Gasteiger partial charge in [-0.15, -0.1) is 0 Å². The van der Waals surface area contributed by atoms with Crippen molar-refractivity contribution in [3.8, 4) is 0 Å². The predicted octanol–water partition coefficient (Wildman–Crippen LogP) is 2.01. The van der Waals surface area contributed by atoms with E-state index in [9.17, 15) is 13.2 Å². The van der Waals surface area contributed by atoms with Crippen LogP contribution in [0.4, 0.5) is 0 Å². The number of sulfonamides is 1. The van der Waals surface area contributed by atoms with Crippen LogP contribution in [0.25, 0.3) is 0 Å². The Bertz CT molecular complexity index is 850. The second kappa shape index (κ2) is 7.59. The molecule has 0 radical (unpaired) electrons. The number of nitrogens with one attached hydrogen (secondary N) is 1. The zero-order valence-corrected chi connectivity index (χ0v) is 15.8. The average Bonchev–Trinajstić information content (AvgIpc) is 2.99. The van der Waals surface area contributed by atoms with Crippen molar-refractivity contribution in [2.24, 2.45) is 5.92 Å². The molecule has 0 spiro atoms. The van der Waals surface area contributed by atoms with Gasteiger partial charge in [-0.25, -0.2) is 8.42 Å². The Hall–Kier alpha value is -2.19. The normalized spacial score (nSPS) is 16.5. The van der Waals surface area contributed by atoms with E-state index in [0.717, 1.165) is 5.56 Å². The minimum atomic E-state index is -3.64. The van der Waals surface area contributed by atoms with E-state index < -0.39 is 10.0 Å². The molecule has 1 saturated heterocycles. The minimum absolute atomic E-state index is 0.0248. The van der Waals surface area contributed by atoms with Crippen LogP contribution in [0.1, 0.15) is 29.9 Å². The maximum Gasteiger partial charge on any atom is 0.248 e. The fourth-order valence-corrected chi connectivity index (χ4v) is 5.02. The molecule has 1 aliphatic heterocycles. The third kappa shape index (κ3) is 3.81. The molecule has 1 aromatic heterocycles. The highest BCUT2D eigenvalue weighted by Crippen LogP contribution is 2.27. The number of amides is 1. The van der Waals surface area contributed by atoms with E-state index in [2.05, 4.69) is 10.5 Å². The molecule has 1 amide bonds. The molecule has 0 bridgehead atoms. The van der Waals surface area contributed by atoms with Crippen LogP contribution in [0.3, 0.4) is 0 Å². The predicted molar refractivity (Wildman–Crippen MR) is 95.7 cm³/mol. The minimum Gasteiger partial charge on any atom is -0.360 e. The van der Waals surface area contributed by atoms with Crippen molar-refractivity contribution in [1.29, 1.82) is 0 Å². The summed E-state index contributed by atoms with van der Waals surface area (Å²) in [6.07, 6.45) is 1.01. The molecule has 140 valence electrons. The van der Waals surface area contributed by atoms with Gasteiger partial charge in [0.05, 0.1) is 0 Å². The molecule has 1 aromatic carbocycles. The quantitative estimate of drug-likeness (QED) is 0.860. The average molecular weight is 377 g/mol. The number of benzene rings is 1. The van der Waals surface area contributed by atoms with Crippen LogP contribution in [-0.4, -0.2) is 36.9 Å². The number of hydrogen-bond donors (Lipinski definition) is 1. The summed E-state index contributed by atoms with van der Waals surface area (Å²) in [7, 11) is -3.64. The van der Waals surface area contributed by atoms with Crippen molar-refractivity contribution >= 4 is 15.9 Å². The summed E-state index contributed by atoms with van der Waals surface area (Å²) in [4.78, 5) is 12.5. The van der Waals surface area contributed by atoms with Crippen molar-refractivity contribution in [1.82, 2.24) is 14.8 Å². The molecule has 2 aromatic rings. The lowest BCUT2D eigenvalue weighted by Crippen LogP contribution is -2.43. The number of nitrogens with zero attached hydrogens (tertiary/aromatic N) is 2. The molecule has 0 aliphatic carbocycles. The van der Waals surface area contributed by atoms with Gasteiger partial charge < -0.3 is 9.84 Å². The number of rotatable bonds is 5. The van der Waals surface area contributed by atoms with Crippen molar-refractivity contribution in [3.05, 3.63) is 47.3 Å². The van der Waals surface area contributed by atoms with Crippen molar-refractivity contribution < 1.29 is 17.7 Å². The van der Waals surface area contributed by atoms with Crippen molar-refractivity contribution in [2.75, 3.05) is 13.1 Å². The molecule has 0 unspecified atom stereocenters. The molecule has 26 heavy (non-hydrogen) atoms. The Morgan fingerprint density at radius 1 is 1.23 bits per heavy atom. The van der Waals surface area contributed by atoms with Gasteiger partial charge in [0.25, 0.3) is 0 Å². The van der Waals surface area contributed by atoms with E-state index in [0.29, 0.717) is 43.9 Å². The van der Waals surface area contributed by atoms with Gasteiger partial charge in [-0.05, 0) is 32.3 Å². The fraction of sp³-hybridized carbons (Fsp3) is 0.444. The van der Waals surface area contributed by atoms with Crippen LogP contribution >= 0.6 is 0 Å². The highest BCUT2D eigenvalue weighted by atomic mass is 32.2. The molecule has 2 heterocycles. The second-order valence-corrected chi connectivity index (χ2v) is 8.41. The molecule has 1 N–H and O–H groups in total. The van der Waals surface area contributed by atoms with Gasteiger partial charge in [0, 0.05) is 25.6 Å². The van der Waals surface area contributed by atoms with Crippen LogP contribution in [0.5, 0.6) is 0 Å². The van der Waals surface area contributed by atoms with Gasteiger partial charge in [-0.3, -0.25) is 4.79 Å². The number of carbonyl (C=O) groups excluding carboxylic acids is 1. The van der Waals surface area contributed by atoms with E-state index in [1.54, 1.807) is 13.8 Å². The highest BCUT2D eigenvalue weighted by Gasteiger charge is 2.35.